The molecule has 0 fully saturated rings. The number of aldehydes is 1. The fourth-order valence-corrected chi connectivity index (χ4v) is 2.47. The third kappa shape index (κ3) is 6.06. The fourth-order valence-electron chi connectivity index (χ4n) is 1.94. The molecule has 0 aliphatic rings. The summed E-state index contributed by atoms with van der Waals surface area (Å²) in [6.45, 7) is 1.05. The number of nitrogens with one attached hydrogen (secondary N) is 1. The van der Waals surface area contributed by atoms with E-state index >= 15 is 0 Å². The van der Waals surface area contributed by atoms with Gasteiger partial charge in [0.05, 0.1) is 0 Å². The molecule has 0 aliphatic carbocycles. The molecule has 6 nitrogen and oxygen atoms in total. The summed E-state index contributed by atoms with van der Waals surface area (Å²) in [4.78, 5) is 34.4. The molecule has 0 unspecified atom stereocenters. The largest absolute Gasteiger partial charge is 0.482 e. The third-order valence-electron chi connectivity index (χ3n) is 3.18. The first kappa shape index (κ1) is 19.8. The molecule has 1 amide bonds. The molecular formula is C18H15Cl2NO5. The quantitative estimate of drug-likeness (QED) is 0.570. The Bertz CT molecular complexity index is 787. The number of esters is 1. The standard InChI is InChI=1S/C18H15Cl2NO5/c1-11(18(24)21-15-7-13(19)6-14(20)8-15)26-17(23)10-25-16-4-2-12(9-22)3-5-16/h2-9,11H,10H2,1H3,(H,21,24)/t11-/m0/s1. The Balaban J connectivity index is 1.83. The molecule has 8 heteroatoms. The van der Waals surface area contributed by atoms with Crippen LogP contribution in [0.3, 0.4) is 0 Å². The van der Waals surface area contributed by atoms with Crippen LogP contribution in [0.5, 0.6) is 5.75 Å². The number of benzene rings is 2. The van der Waals surface area contributed by atoms with Crippen molar-refractivity contribution >= 4 is 47.1 Å². The Labute approximate surface area is 160 Å². The zero-order valence-electron chi connectivity index (χ0n) is 13.7. The molecule has 1 atom stereocenters. The average Bonchev–Trinajstić information content (AvgIpc) is 2.59. The summed E-state index contributed by atoms with van der Waals surface area (Å²) in [6, 6.07) is 10.8. The van der Waals surface area contributed by atoms with Crippen molar-refractivity contribution in [2.45, 2.75) is 13.0 Å². The lowest BCUT2D eigenvalue weighted by Gasteiger charge is -2.14. The Morgan fingerprint density at radius 2 is 1.73 bits per heavy atom. The van der Waals surface area contributed by atoms with E-state index in [9.17, 15) is 14.4 Å². The van der Waals surface area contributed by atoms with Crippen LogP contribution in [-0.2, 0) is 14.3 Å². The lowest BCUT2D eigenvalue weighted by molar-refractivity contribution is -0.155. The second-order valence-corrected chi connectivity index (χ2v) is 6.13. The summed E-state index contributed by atoms with van der Waals surface area (Å²) in [7, 11) is 0. The molecule has 0 saturated heterocycles. The van der Waals surface area contributed by atoms with Crippen LogP contribution in [0.15, 0.2) is 42.5 Å². The molecule has 0 spiro atoms. The smallest absolute Gasteiger partial charge is 0.344 e. The predicted octanol–water partition coefficient (Wildman–Crippen LogP) is 3.76. The molecular weight excluding hydrogens is 381 g/mol. The lowest BCUT2D eigenvalue weighted by Crippen LogP contribution is -2.31. The molecule has 2 rings (SSSR count). The van der Waals surface area contributed by atoms with Gasteiger partial charge in [-0.2, -0.15) is 0 Å². The van der Waals surface area contributed by atoms with Crippen molar-refractivity contribution in [2.75, 3.05) is 11.9 Å². The highest BCUT2D eigenvalue weighted by atomic mass is 35.5. The number of halogens is 2. The first-order chi connectivity index (χ1) is 12.4. The number of anilines is 1. The van der Waals surface area contributed by atoms with Crippen LogP contribution in [-0.4, -0.2) is 30.9 Å². The van der Waals surface area contributed by atoms with Gasteiger partial charge < -0.3 is 14.8 Å². The Kier molecular flexibility index (Phi) is 7.00. The summed E-state index contributed by atoms with van der Waals surface area (Å²) < 4.78 is 10.3. The Morgan fingerprint density at radius 1 is 1.12 bits per heavy atom. The van der Waals surface area contributed by atoms with E-state index in [1.807, 2.05) is 0 Å². The highest BCUT2D eigenvalue weighted by Gasteiger charge is 2.18. The minimum absolute atomic E-state index is 0.367. The van der Waals surface area contributed by atoms with E-state index < -0.39 is 18.0 Å². The van der Waals surface area contributed by atoms with Crippen LogP contribution in [0.25, 0.3) is 0 Å². The number of hydrogen-bond donors (Lipinski definition) is 1. The number of carbonyl (C=O) groups is 3. The fraction of sp³-hybridized carbons (Fsp3) is 0.167. The summed E-state index contributed by atoms with van der Waals surface area (Å²) in [6.07, 6.45) is -0.341. The Hall–Kier alpha value is -2.57. The summed E-state index contributed by atoms with van der Waals surface area (Å²) >= 11 is 11.7. The van der Waals surface area contributed by atoms with Crippen molar-refractivity contribution in [2.24, 2.45) is 0 Å². The van der Waals surface area contributed by atoms with Gasteiger partial charge in [-0.1, -0.05) is 23.2 Å². The minimum Gasteiger partial charge on any atom is -0.482 e. The second-order valence-electron chi connectivity index (χ2n) is 5.26. The third-order valence-corrected chi connectivity index (χ3v) is 3.62. The van der Waals surface area contributed by atoms with E-state index in [0.29, 0.717) is 33.3 Å². The molecule has 26 heavy (non-hydrogen) atoms. The van der Waals surface area contributed by atoms with Gasteiger partial charge in [0.25, 0.3) is 5.91 Å². The molecule has 2 aromatic rings. The summed E-state index contributed by atoms with van der Waals surface area (Å²) in [5, 5.41) is 3.29. The maximum atomic E-state index is 12.1. The second kappa shape index (κ2) is 9.22. The maximum Gasteiger partial charge on any atom is 0.344 e. The molecule has 0 bridgehead atoms. The number of rotatable bonds is 7. The number of ether oxygens (including phenoxy) is 2. The zero-order valence-corrected chi connectivity index (χ0v) is 15.2. The topological polar surface area (TPSA) is 81.7 Å². The number of amides is 1. The molecule has 0 heterocycles. The molecule has 1 N–H and O–H groups in total. The molecule has 0 saturated carbocycles. The van der Waals surface area contributed by atoms with E-state index in [1.165, 1.54) is 25.1 Å². The first-order valence-corrected chi connectivity index (χ1v) is 8.27. The van der Waals surface area contributed by atoms with Crippen LogP contribution in [0.4, 0.5) is 5.69 Å². The summed E-state index contributed by atoms with van der Waals surface area (Å²) in [5.41, 5.74) is 0.883. The van der Waals surface area contributed by atoms with Gasteiger partial charge in [-0.25, -0.2) is 4.79 Å². The van der Waals surface area contributed by atoms with E-state index in [2.05, 4.69) is 5.32 Å². The van der Waals surface area contributed by atoms with Gasteiger partial charge in [0.1, 0.15) is 12.0 Å². The van der Waals surface area contributed by atoms with Gasteiger partial charge >= 0.3 is 5.97 Å². The van der Waals surface area contributed by atoms with E-state index in [4.69, 9.17) is 32.7 Å². The molecule has 0 radical (unpaired) electrons. The summed E-state index contributed by atoms with van der Waals surface area (Å²) in [5.74, 6) is -0.846. The highest BCUT2D eigenvalue weighted by Crippen LogP contribution is 2.22. The van der Waals surface area contributed by atoms with Gasteiger partial charge in [0, 0.05) is 21.3 Å². The van der Waals surface area contributed by atoms with Gasteiger partial charge in [-0.05, 0) is 49.4 Å². The molecule has 0 aliphatic heterocycles. The van der Waals surface area contributed by atoms with Crippen LogP contribution in [0.1, 0.15) is 17.3 Å². The Morgan fingerprint density at radius 3 is 2.31 bits per heavy atom. The molecule has 2 aromatic carbocycles. The molecule has 0 aromatic heterocycles. The highest BCUT2D eigenvalue weighted by molar-refractivity contribution is 6.35. The molecule has 136 valence electrons. The van der Waals surface area contributed by atoms with Crippen molar-refractivity contribution in [3.05, 3.63) is 58.1 Å². The van der Waals surface area contributed by atoms with Crippen LogP contribution >= 0.6 is 23.2 Å². The van der Waals surface area contributed by atoms with Crippen molar-refractivity contribution in [3.8, 4) is 5.75 Å². The zero-order chi connectivity index (χ0) is 19.1. The SMILES string of the molecule is C[C@H](OC(=O)COc1ccc(C=O)cc1)C(=O)Nc1cc(Cl)cc(Cl)c1. The van der Waals surface area contributed by atoms with E-state index in [0.717, 1.165) is 0 Å². The average molecular weight is 396 g/mol. The van der Waals surface area contributed by atoms with Crippen LogP contribution < -0.4 is 10.1 Å². The number of hydrogen-bond acceptors (Lipinski definition) is 5. The van der Waals surface area contributed by atoms with Gasteiger partial charge in [0.2, 0.25) is 0 Å². The maximum absolute atomic E-state index is 12.1. The van der Waals surface area contributed by atoms with Crippen molar-refractivity contribution < 1.29 is 23.9 Å². The number of carbonyl (C=O) groups excluding carboxylic acids is 3. The van der Waals surface area contributed by atoms with Gasteiger partial charge in [-0.15, -0.1) is 0 Å². The van der Waals surface area contributed by atoms with Gasteiger partial charge in [-0.3, -0.25) is 9.59 Å². The van der Waals surface area contributed by atoms with Crippen molar-refractivity contribution in [3.63, 3.8) is 0 Å². The van der Waals surface area contributed by atoms with Crippen LogP contribution in [0.2, 0.25) is 10.0 Å². The lowest BCUT2D eigenvalue weighted by atomic mass is 10.2. The predicted molar refractivity (Wildman–Crippen MR) is 98.0 cm³/mol. The normalized spacial score (nSPS) is 11.3. The monoisotopic (exact) mass is 395 g/mol. The first-order valence-electron chi connectivity index (χ1n) is 7.52. The van der Waals surface area contributed by atoms with E-state index in [1.54, 1.807) is 24.3 Å². The minimum atomic E-state index is -1.04. The van der Waals surface area contributed by atoms with Crippen molar-refractivity contribution in [1.82, 2.24) is 0 Å². The van der Waals surface area contributed by atoms with E-state index in [-0.39, 0.29) is 6.61 Å². The van der Waals surface area contributed by atoms with Crippen molar-refractivity contribution in [1.29, 1.82) is 0 Å². The van der Waals surface area contributed by atoms with Gasteiger partial charge in [0.15, 0.2) is 12.7 Å². The van der Waals surface area contributed by atoms with Crippen LogP contribution in [0, 0.1) is 0 Å².